The Morgan fingerprint density at radius 3 is 2.41 bits per heavy atom. The number of hydrogen-bond acceptors (Lipinski definition) is 5. The lowest BCUT2D eigenvalue weighted by Gasteiger charge is -2.21. The third-order valence-electron chi connectivity index (χ3n) is 5.40. The molecule has 0 aliphatic carbocycles. The highest BCUT2D eigenvalue weighted by molar-refractivity contribution is 9.10. The molecule has 0 saturated heterocycles. The number of carbonyl (C=O) groups excluding carboxylic acids is 2. The van der Waals surface area contributed by atoms with Crippen LogP contribution in [0.4, 0.5) is 5.69 Å². The number of halogens is 2. The zero-order chi connectivity index (χ0) is 25.0. The van der Waals surface area contributed by atoms with Gasteiger partial charge in [-0.2, -0.15) is 0 Å². The summed E-state index contributed by atoms with van der Waals surface area (Å²) in [7, 11) is 1.83. The molecule has 0 fully saturated rings. The number of thioether (sulfide) groups is 1. The average molecular weight is 565 g/mol. The number of hydrogen-bond donors (Lipinski definition) is 2. The molecule has 0 spiro atoms. The lowest BCUT2D eigenvalue weighted by atomic mass is 10.0. The van der Waals surface area contributed by atoms with Crippen molar-refractivity contribution >= 4 is 56.8 Å². The first-order valence-electron chi connectivity index (χ1n) is 10.7. The van der Waals surface area contributed by atoms with Crippen LogP contribution in [0.25, 0.3) is 0 Å². The number of nitrogens with zero attached hydrogens (tertiary/aromatic N) is 3. The summed E-state index contributed by atoms with van der Waals surface area (Å²) >= 11 is 10.7. The molecule has 7 nitrogen and oxygen atoms in total. The van der Waals surface area contributed by atoms with Crippen molar-refractivity contribution in [3.8, 4) is 0 Å². The van der Waals surface area contributed by atoms with Gasteiger partial charge in [0.15, 0.2) is 11.0 Å². The predicted octanol–water partition coefficient (Wildman–Crippen LogP) is 5.71. The van der Waals surface area contributed by atoms with Crippen molar-refractivity contribution in [1.29, 1.82) is 0 Å². The maximum atomic E-state index is 12.7. The third kappa shape index (κ3) is 6.40. The molecule has 2 aromatic carbocycles. The summed E-state index contributed by atoms with van der Waals surface area (Å²) in [5, 5.41) is 15.7. The first-order chi connectivity index (χ1) is 16.1. The predicted molar refractivity (Wildman–Crippen MR) is 140 cm³/mol. The van der Waals surface area contributed by atoms with Gasteiger partial charge >= 0.3 is 0 Å². The third-order valence-corrected chi connectivity index (χ3v) is 7.32. The molecule has 0 unspecified atom stereocenters. The summed E-state index contributed by atoms with van der Waals surface area (Å²) in [6.07, 6.45) is 0. The van der Waals surface area contributed by atoms with Crippen LogP contribution in [0.15, 0.2) is 46.0 Å². The molecule has 0 aliphatic rings. The van der Waals surface area contributed by atoms with Crippen LogP contribution in [0, 0.1) is 19.8 Å². The van der Waals surface area contributed by atoms with E-state index in [0.717, 1.165) is 21.3 Å². The molecule has 34 heavy (non-hydrogen) atoms. The maximum absolute atomic E-state index is 12.7. The minimum Gasteiger partial charge on any atom is -0.342 e. The molecule has 3 rings (SSSR count). The number of amides is 2. The fraction of sp³-hybridized carbons (Fsp3) is 0.333. The van der Waals surface area contributed by atoms with Crippen LogP contribution in [-0.2, 0) is 11.8 Å². The highest BCUT2D eigenvalue weighted by Crippen LogP contribution is 2.27. The molecule has 0 aliphatic heterocycles. The van der Waals surface area contributed by atoms with Crippen molar-refractivity contribution in [3.05, 3.63) is 68.4 Å². The number of anilines is 1. The average Bonchev–Trinajstić information content (AvgIpc) is 3.14. The SMILES string of the molecule is Cc1cc(Br)c(NC(=O)CSc2nnc([C@@H](NC(=O)c3ccc(Cl)cc3)C(C)C)n2C)cc1C. The number of carbonyl (C=O) groups is 2. The lowest BCUT2D eigenvalue weighted by Crippen LogP contribution is -2.33. The minimum absolute atomic E-state index is 0.0717. The minimum atomic E-state index is -0.352. The van der Waals surface area contributed by atoms with Gasteiger partial charge in [-0.05, 0) is 83.2 Å². The zero-order valence-electron chi connectivity index (χ0n) is 19.6. The molecule has 1 aromatic heterocycles. The monoisotopic (exact) mass is 563 g/mol. The Bertz CT molecular complexity index is 1200. The van der Waals surface area contributed by atoms with E-state index >= 15 is 0 Å². The van der Waals surface area contributed by atoms with Crippen LogP contribution in [0.2, 0.25) is 5.02 Å². The van der Waals surface area contributed by atoms with Crippen LogP contribution in [0.5, 0.6) is 0 Å². The normalized spacial score (nSPS) is 12.0. The Balaban J connectivity index is 1.67. The first-order valence-corrected chi connectivity index (χ1v) is 12.9. The van der Waals surface area contributed by atoms with Gasteiger partial charge in [0.1, 0.15) is 0 Å². The summed E-state index contributed by atoms with van der Waals surface area (Å²) in [4.78, 5) is 25.3. The molecule has 10 heteroatoms. The van der Waals surface area contributed by atoms with E-state index in [0.29, 0.717) is 21.6 Å². The molecular weight excluding hydrogens is 538 g/mol. The number of aromatic nitrogens is 3. The van der Waals surface area contributed by atoms with E-state index in [-0.39, 0.29) is 29.5 Å². The van der Waals surface area contributed by atoms with E-state index in [9.17, 15) is 9.59 Å². The van der Waals surface area contributed by atoms with Crippen LogP contribution < -0.4 is 10.6 Å². The lowest BCUT2D eigenvalue weighted by molar-refractivity contribution is -0.113. The second kappa shape index (κ2) is 11.4. The van der Waals surface area contributed by atoms with Crippen molar-refractivity contribution < 1.29 is 9.59 Å². The van der Waals surface area contributed by atoms with Gasteiger partial charge in [0.25, 0.3) is 5.91 Å². The number of rotatable bonds is 8. The molecule has 180 valence electrons. The van der Waals surface area contributed by atoms with Crippen molar-refractivity contribution in [2.45, 2.75) is 38.9 Å². The summed E-state index contributed by atoms with van der Waals surface area (Å²) < 4.78 is 2.66. The van der Waals surface area contributed by atoms with Gasteiger partial charge in [-0.15, -0.1) is 10.2 Å². The van der Waals surface area contributed by atoms with Gasteiger partial charge in [0, 0.05) is 22.1 Å². The molecule has 0 saturated carbocycles. The summed E-state index contributed by atoms with van der Waals surface area (Å²) in [6, 6.07) is 10.3. The molecular formula is C24H27BrClN5O2S. The van der Waals surface area contributed by atoms with Gasteiger partial charge in [-0.1, -0.05) is 37.2 Å². The largest absolute Gasteiger partial charge is 0.342 e. The van der Waals surface area contributed by atoms with Crippen LogP contribution >= 0.6 is 39.3 Å². The van der Waals surface area contributed by atoms with E-state index in [1.54, 1.807) is 24.3 Å². The van der Waals surface area contributed by atoms with Gasteiger partial charge in [-0.3, -0.25) is 9.59 Å². The molecule has 3 aromatic rings. The smallest absolute Gasteiger partial charge is 0.251 e. The van der Waals surface area contributed by atoms with E-state index in [2.05, 4.69) is 36.8 Å². The molecule has 1 heterocycles. The standard InChI is InChI=1S/C24H27BrClN5O2S/c1-13(2)21(28-23(33)16-6-8-17(26)9-7-16)22-29-30-24(31(22)5)34-12-20(32)27-19-11-15(4)14(3)10-18(19)25/h6-11,13,21H,12H2,1-5H3,(H,27,32)(H,28,33)/t21-/m0/s1. The van der Waals surface area contributed by atoms with Crippen LogP contribution in [0.1, 0.15) is 47.2 Å². The molecule has 1 atom stereocenters. The van der Waals surface area contributed by atoms with Gasteiger partial charge < -0.3 is 15.2 Å². The Hall–Kier alpha value is -2.36. The van der Waals surface area contributed by atoms with Crippen LogP contribution in [0.3, 0.4) is 0 Å². The Morgan fingerprint density at radius 2 is 1.76 bits per heavy atom. The molecule has 0 bridgehead atoms. The maximum Gasteiger partial charge on any atom is 0.251 e. The molecule has 0 radical (unpaired) electrons. The Morgan fingerprint density at radius 1 is 1.12 bits per heavy atom. The van der Waals surface area contributed by atoms with Gasteiger partial charge in [0.05, 0.1) is 17.5 Å². The van der Waals surface area contributed by atoms with Crippen molar-refractivity contribution in [3.63, 3.8) is 0 Å². The Kier molecular flexibility index (Phi) is 8.78. The molecule has 2 amide bonds. The molecule has 2 N–H and O–H groups in total. The highest BCUT2D eigenvalue weighted by atomic mass is 79.9. The van der Waals surface area contributed by atoms with Crippen molar-refractivity contribution in [2.24, 2.45) is 13.0 Å². The summed E-state index contributed by atoms with van der Waals surface area (Å²) in [6.45, 7) is 8.03. The van der Waals surface area contributed by atoms with E-state index in [1.165, 1.54) is 11.8 Å². The van der Waals surface area contributed by atoms with Crippen LogP contribution in [-0.4, -0.2) is 32.3 Å². The van der Waals surface area contributed by atoms with Crippen molar-refractivity contribution in [2.75, 3.05) is 11.1 Å². The number of benzene rings is 2. The van der Waals surface area contributed by atoms with E-state index in [4.69, 9.17) is 11.6 Å². The highest BCUT2D eigenvalue weighted by Gasteiger charge is 2.25. The van der Waals surface area contributed by atoms with E-state index in [1.807, 2.05) is 51.4 Å². The second-order valence-electron chi connectivity index (χ2n) is 8.35. The fourth-order valence-corrected chi connectivity index (χ4v) is 4.67. The van der Waals surface area contributed by atoms with Crippen molar-refractivity contribution in [1.82, 2.24) is 20.1 Å². The summed E-state index contributed by atoms with van der Waals surface area (Å²) in [5.74, 6) is 0.509. The second-order valence-corrected chi connectivity index (χ2v) is 10.6. The Labute approximate surface area is 217 Å². The fourth-order valence-electron chi connectivity index (χ4n) is 3.27. The topological polar surface area (TPSA) is 88.9 Å². The van der Waals surface area contributed by atoms with Gasteiger partial charge in [0.2, 0.25) is 5.91 Å². The number of nitrogens with one attached hydrogen (secondary N) is 2. The quantitative estimate of drug-likeness (QED) is 0.342. The van der Waals surface area contributed by atoms with E-state index < -0.39 is 0 Å². The van der Waals surface area contributed by atoms with Gasteiger partial charge in [-0.25, -0.2) is 0 Å². The summed E-state index contributed by atoms with van der Waals surface area (Å²) in [5.41, 5.74) is 3.50. The zero-order valence-corrected chi connectivity index (χ0v) is 22.8. The first kappa shape index (κ1) is 26.2. The number of aryl methyl sites for hydroxylation is 2.